The molecular formula is C51H97O12P. The van der Waals surface area contributed by atoms with Gasteiger partial charge < -0.3 is 39.9 Å². The summed E-state index contributed by atoms with van der Waals surface area (Å²) in [6.07, 6.45) is 36.7. The number of hydrogen-bond acceptors (Lipinski definition) is 11. The molecule has 0 aromatic rings. The molecule has 1 fully saturated rings. The second-order valence-corrected chi connectivity index (χ2v) is 19.8. The van der Waals surface area contributed by atoms with E-state index in [0.29, 0.717) is 13.0 Å². The van der Waals surface area contributed by atoms with Gasteiger partial charge in [0, 0.05) is 13.0 Å². The molecule has 6 N–H and O–H groups in total. The first-order valence-electron chi connectivity index (χ1n) is 26.2. The highest BCUT2D eigenvalue weighted by Crippen LogP contribution is 2.47. The van der Waals surface area contributed by atoms with E-state index in [0.717, 1.165) is 51.4 Å². The van der Waals surface area contributed by atoms with E-state index >= 15 is 0 Å². The lowest BCUT2D eigenvalue weighted by Gasteiger charge is -2.41. The van der Waals surface area contributed by atoms with Crippen molar-refractivity contribution in [1.82, 2.24) is 0 Å². The van der Waals surface area contributed by atoms with Gasteiger partial charge >= 0.3 is 13.8 Å². The maximum absolute atomic E-state index is 12.9. The van der Waals surface area contributed by atoms with Crippen molar-refractivity contribution in [2.45, 2.75) is 275 Å². The van der Waals surface area contributed by atoms with Crippen molar-refractivity contribution >= 4 is 13.8 Å². The van der Waals surface area contributed by atoms with Gasteiger partial charge in [0.2, 0.25) is 0 Å². The summed E-state index contributed by atoms with van der Waals surface area (Å²) >= 11 is 0. The van der Waals surface area contributed by atoms with Gasteiger partial charge in [0.25, 0.3) is 0 Å². The van der Waals surface area contributed by atoms with Crippen LogP contribution < -0.4 is 0 Å². The van der Waals surface area contributed by atoms with Crippen molar-refractivity contribution in [3.05, 3.63) is 24.3 Å². The Hall–Kier alpha value is -1.18. The van der Waals surface area contributed by atoms with Gasteiger partial charge in [-0.2, -0.15) is 0 Å². The number of aliphatic hydroxyl groups is 5. The molecule has 0 aromatic heterocycles. The van der Waals surface area contributed by atoms with E-state index in [-0.39, 0.29) is 13.0 Å². The third-order valence-corrected chi connectivity index (χ3v) is 13.3. The SMILES string of the molecule is CCCCC/C=C\C/C=C\CCCCCCCCCCCC(=O)O[C@H](COCCCCCCCCCCCCCCCCCCCC)COP(=O)(O)OC1C(O)C(O)C(O)[C@@H](O)C1O. The van der Waals surface area contributed by atoms with Crippen molar-refractivity contribution in [3.8, 4) is 0 Å². The number of carbonyl (C=O) groups is 1. The summed E-state index contributed by atoms with van der Waals surface area (Å²) in [6, 6.07) is 0. The summed E-state index contributed by atoms with van der Waals surface area (Å²) in [7, 11) is -5.02. The molecule has 0 heterocycles. The Kier molecular flexibility index (Phi) is 39.9. The van der Waals surface area contributed by atoms with Gasteiger partial charge in [-0.3, -0.25) is 13.8 Å². The van der Waals surface area contributed by atoms with Crippen LogP contribution in [0.1, 0.15) is 232 Å². The van der Waals surface area contributed by atoms with Gasteiger partial charge in [-0.25, -0.2) is 4.57 Å². The Morgan fingerprint density at radius 2 is 0.875 bits per heavy atom. The molecule has 0 radical (unpaired) electrons. The third-order valence-electron chi connectivity index (χ3n) is 12.3. The topological polar surface area (TPSA) is 192 Å². The number of esters is 1. The number of phosphoric ester groups is 1. The minimum absolute atomic E-state index is 0.0736. The van der Waals surface area contributed by atoms with Crippen molar-refractivity contribution < 1.29 is 58.3 Å². The number of rotatable bonds is 45. The largest absolute Gasteiger partial charge is 0.472 e. The third kappa shape index (κ3) is 33.3. The van der Waals surface area contributed by atoms with Crippen LogP contribution in [-0.2, 0) is 27.9 Å². The predicted octanol–water partition coefficient (Wildman–Crippen LogP) is 11.7. The van der Waals surface area contributed by atoms with E-state index in [9.17, 15) is 39.8 Å². The molecule has 13 heteroatoms. The van der Waals surface area contributed by atoms with Crippen LogP contribution in [0.2, 0.25) is 0 Å². The molecule has 1 aliphatic carbocycles. The zero-order valence-electron chi connectivity index (χ0n) is 40.6. The second-order valence-electron chi connectivity index (χ2n) is 18.4. The Morgan fingerprint density at radius 1 is 0.500 bits per heavy atom. The molecule has 0 spiro atoms. The summed E-state index contributed by atoms with van der Waals surface area (Å²) in [5, 5.41) is 50.3. The molecule has 0 bridgehead atoms. The van der Waals surface area contributed by atoms with Crippen LogP contribution in [0.25, 0.3) is 0 Å². The molecule has 1 saturated carbocycles. The minimum atomic E-state index is -5.02. The molecule has 12 nitrogen and oxygen atoms in total. The number of unbranched alkanes of at least 4 members (excludes halogenated alkanes) is 29. The standard InChI is InChI=1S/C51H97O12P/c1-3-5-7-9-11-13-15-17-19-21-23-24-26-28-30-32-34-36-38-40-45(52)62-44(43-61-64(58,59)63-51-49(56)47(54)46(53)48(55)50(51)57)42-60-41-39-37-35-33-31-29-27-25-22-20-18-16-14-12-10-8-6-4-2/h11,13,17,19,44,46-51,53-57H,3-10,12,14-16,18,20-43H2,1-2H3,(H,58,59)/b13-11-,19-17-/t44-,46?,47-,48?,49?,50?,51?/m1/s1. The van der Waals surface area contributed by atoms with E-state index in [1.54, 1.807) is 0 Å². The summed E-state index contributed by atoms with van der Waals surface area (Å²) in [6.45, 7) is 4.27. The van der Waals surface area contributed by atoms with Crippen LogP contribution >= 0.6 is 7.82 Å². The molecule has 64 heavy (non-hydrogen) atoms. The quantitative estimate of drug-likeness (QED) is 0.0147. The maximum Gasteiger partial charge on any atom is 0.472 e. The van der Waals surface area contributed by atoms with E-state index < -0.39 is 63.1 Å². The summed E-state index contributed by atoms with van der Waals surface area (Å²) in [5.41, 5.74) is 0. The highest BCUT2D eigenvalue weighted by Gasteiger charge is 2.51. The molecule has 1 rings (SSSR count). The van der Waals surface area contributed by atoms with E-state index in [1.165, 1.54) is 154 Å². The van der Waals surface area contributed by atoms with Gasteiger partial charge in [0.1, 0.15) is 42.7 Å². The first kappa shape index (κ1) is 60.8. The fourth-order valence-electron chi connectivity index (χ4n) is 8.15. The molecule has 8 atom stereocenters. The van der Waals surface area contributed by atoms with Crippen LogP contribution in [0.5, 0.6) is 0 Å². The predicted molar refractivity (Wildman–Crippen MR) is 258 cm³/mol. The fraction of sp³-hybridized carbons (Fsp3) is 0.902. The van der Waals surface area contributed by atoms with Crippen molar-refractivity contribution in [2.75, 3.05) is 19.8 Å². The molecule has 0 amide bonds. The summed E-state index contributed by atoms with van der Waals surface area (Å²) in [4.78, 5) is 23.2. The summed E-state index contributed by atoms with van der Waals surface area (Å²) < 4.78 is 34.3. The Labute approximate surface area is 390 Å². The minimum Gasteiger partial charge on any atom is -0.457 e. The van der Waals surface area contributed by atoms with Crippen molar-refractivity contribution in [1.29, 1.82) is 0 Å². The smallest absolute Gasteiger partial charge is 0.457 e. The molecule has 0 aromatic carbocycles. The number of phosphoric acid groups is 1. The highest BCUT2D eigenvalue weighted by molar-refractivity contribution is 7.47. The van der Waals surface area contributed by atoms with E-state index in [4.69, 9.17) is 18.5 Å². The summed E-state index contributed by atoms with van der Waals surface area (Å²) in [5.74, 6) is -0.477. The van der Waals surface area contributed by atoms with Crippen molar-refractivity contribution in [2.24, 2.45) is 0 Å². The van der Waals surface area contributed by atoms with Gasteiger partial charge in [-0.15, -0.1) is 0 Å². The van der Waals surface area contributed by atoms with Crippen LogP contribution in [0, 0.1) is 0 Å². The molecule has 0 aliphatic heterocycles. The lowest BCUT2D eigenvalue weighted by molar-refractivity contribution is -0.220. The molecule has 0 saturated heterocycles. The zero-order chi connectivity index (χ0) is 46.9. The normalized spacial score (nSPS) is 21.8. The Bertz CT molecular complexity index is 1150. The van der Waals surface area contributed by atoms with Crippen LogP contribution in [0.3, 0.4) is 0 Å². The lowest BCUT2D eigenvalue weighted by Crippen LogP contribution is -2.64. The molecule has 1 aliphatic rings. The maximum atomic E-state index is 12.9. The van der Waals surface area contributed by atoms with Crippen LogP contribution in [0.4, 0.5) is 0 Å². The highest BCUT2D eigenvalue weighted by atomic mass is 31.2. The first-order chi connectivity index (χ1) is 31.0. The number of carbonyl (C=O) groups excluding carboxylic acids is 1. The average Bonchev–Trinajstić information content (AvgIpc) is 3.28. The van der Waals surface area contributed by atoms with Gasteiger partial charge in [-0.1, -0.05) is 205 Å². The molecule has 378 valence electrons. The first-order valence-corrected chi connectivity index (χ1v) is 27.7. The number of ether oxygens (including phenoxy) is 2. The molecule has 6 unspecified atom stereocenters. The monoisotopic (exact) mass is 933 g/mol. The number of hydrogen-bond donors (Lipinski definition) is 6. The van der Waals surface area contributed by atoms with Crippen LogP contribution in [-0.4, -0.2) is 98.9 Å². The Morgan fingerprint density at radius 3 is 1.34 bits per heavy atom. The van der Waals surface area contributed by atoms with Crippen molar-refractivity contribution in [3.63, 3.8) is 0 Å². The number of aliphatic hydroxyl groups excluding tert-OH is 5. The number of allylic oxidation sites excluding steroid dienone is 4. The molecular weight excluding hydrogens is 836 g/mol. The van der Waals surface area contributed by atoms with E-state index in [2.05, 4.69) is 38.2 Å². The van der Waals surface area contributed by atoms with Gasteiger partial charge in [-0.05, 0) is 44.9 Å². The zero-order valence-corrected chi connectivity index (χ0v) is 41.5. The average molecular weight is 933 g/mol. The fourth-order valence-corrected chi connectivity index (χ4v) is 9.12. The van der Waals surface area contributed by atoms with E-state index in [1.807, 2.05) is 0 Å². The Balaban J connectivity index is 2.33. The van der Waals surface area contributed by atoms with Crippen LogP contribution in [0.15, 0.2) is 24.3 Å². The van der Waals surface area contributed by atoms with Gasteiger partial charge in [0.05, 0.1) is 13.2 Å². The van der Waals surface area contributed by atoms with Gasteiger partial charge in [0.15, 0.2) is 0 Å². The second kappa shape index (κ2) is 42.0. The lowest BCUT2D eigenvalue weighted by atomic mass is 9.85.